The van der Waals surface area contributed by atoms with Gasteiger partial charge in [0.1, 0.15) is 23.7 Å². The second kappa shape index (κ2) is 30.3. The molecule has 1 aromatic heterocycles. The summed E-state index contributed by atoms with van der Waals surface area (Å²) < 4.78 is 5.04. The number of carboxylic acid groups (broad SMARTS) is 5. The Hall–Kier alpha value is -5.93. The van der Waals surface area contributed by atoms with Crippen molar-refractivity contribution in [2.45, 2.75) is 142 Å². The summed E-state index contributed by atoms with van der Waals surface area (Å²) in [6.07, 6.45) is 3.70. The monoisotopic (exact) mass is 918 g/mol. The lowest BCUT2D eigenvalue weighted by atomic mass is 9.98. The molecule has 0 aliphatic carbocycles. The lowest BCUT2D eigenvalue weighted by Gasteiger charge is -2.22. The maximum Gasteiger partial charge on any atom is 0.408 e. The molecule has 1 aliphatic rings. The van der Waals surface area contributed by atoms with Gasteiger partial charge in [0, 0.05) is 43.7 Å². The predicted molar refractivity (Wildman–Crippen MR) is 242 cm³/mol. The molecule has 3 aromatic rings. The number of nitrogens with two attached hydrogens (primary N) is 3. The number of rotatable bonds is 18. The first-order valence-electron chi connectivity index (χ1n) is 21.1. The molecule has 1 aliphatic heterocycles. The van der Waals surface area contributed by atoms with Gasteiger partial charge in [0.2, 0.25) is 0 Å². The van der Waals surface area contributed by atoms with Crippen LogP contribution < -0.4 is 22.5 Å². The maximum absolute atomic E-state index is 11.6. The first-order valence-corrected chi connectivity index (χ1v) is 21.1. The van der Waals surface area contributed by atoms with E-state index in [1.54, 1.807) is 27.0 Å². The van der Waals surface area contributed by atoms with Crippen LogP contribution in [0.25, 0.3) is 0 Å². The highest BCUT2D eigenvalue weighted by Crippen LogP contribution is 2.36. The highest BCUT2D eigenvalue weighted by molar-refractivity contribution is 5.80. The van der Waals surface area contributed by atoms with Crippen molar-refractivity contribution in [1.82, 2.24) is 20.2 Å². The van der Waals surface area contributed by atoms with Crippen molar-refractivity contribution in [2.75, 3.05) is 0 Å². The Morgan fingerprint density at radius 1 is 0.831 bits per heavy atom. The lowest BCUT2D eigenvalue weighted by Crippen LogP contribution is -2.44. The van der Waals surface area contributed by atoms with E-state index in [1.165, 1.54) is 6.33 Å². The minimum atomic E-state index is -1.09. The smallest absolute Gasteiger partial charge is 0.408 e. The first-order chi connectivity index (χ1) is 30.2. The molecule has 20 heteroatoms. The number of carbonyl (C=O) groups excluding carboxylic acids is 1. The number of aliphatic hydroxyl groups excluding tert-OH is 1. The molecule has 14 N–H and O–H groups in total. The average molecular weight is 918 g/mol. The van der Waals surface area contributed by atoms with E-state index in [0.717, 1.165) is 30.2 Å². The zero-order valence-corrected chi connectivity index (χ0v) is 38.5. The summed E-state index contributed by atoms with van der Waals surface area (Å²) >= 11 is 0. The van der Waals surface area contributed by atoms with Gasteiger partial charge in [0.25, 0.3) is 5.97 Å². The molecule has 1 saturated heterocycles. The van der Waals surface area contributed by atoms with Crippen LogP contribution in [-0.2, 0) is 48.0 Å². The van der Waals surface area contributed by atoms with E-state index in [1.807, 2.05) is 79.4 Å². The lowest BCUT2D eigenvalue weighted by molar-refractivity contribution is -0.142. The van der Waals surface area contributed by atoms with Crippen LogP contribution in [0.15, 0.2) is 73.2 Å². The van der Waals surface area contributed by atoms with Gasteiger partial charge in [-0.2, -0.15) is 0 Å². The van der Waals surface area contributed by atoms with Crippen LogP contribution in [0.2, 0.25) is 0 Å². The Morgan fingerprint density at radius 2 is 1.34 bits per heavy atom. The number of hydrogen-bond donors (Lipinski definition) is 11. The third kappa shape index (κ3) is 27.1. The molecule has 0 spiro atoms. The number of imidazole rings is 1. The normalized spacial score (nSPS) is 17.6. The number of amides is 1. The molecule has 1 fully saturated rings. The number of carboxylic acids is 5. The van der Waals surface area contributed by atoms with E-state index in [2.05, 4.69) is 29.1 Å². The number of nitrogens with zero attached hydrogens (tertiary/aromatic N) is 2. The van der Waals surface area contributed by atoms with Gasteiger partial charge in [-0.05, 0) is 56.6 Å². The maximum atomic E-state index is 11.6. The summed E-state index contributed by atoms with van der Waals surface area (Å²) in [7, 11) is 0. The number of aliphatic hydroxyl groups is 1. The van der Waals surface area contributed by atoms with Crippen LogP contribution >= 0.6 is 0 Å². The third-order valence-corrected chi connectivity index (χ3v) is 9.30. The number of benzene rings is 2. The van der Waals surface area contributed by atoms with Gasteiger partial charge in [-0.25, -0.2) is 14.6 Å². The number of aromatic nitrogens is 2. The molecular weight excluding hydrogens is 847 g/mol. The van der Waals surface area contributed by atoms with E-state index in [0.29, 0.717) is 24.7 Å². The highest BCUT2D eigenvalue weighted by atomic mass is 16.6. The number of ether oxygens (including phenoxy) is 1. The van der Waals surface area contributed by atoms with Crippen LogP contribution in [0.5, 0.6) is 0 Å². The van der Waals surface area contributed by atoms with Crippen LogP contribution in [0.1, 0.15) is 91.5 Å². The topological polar surface area (TPSA) is 355 Å². The largest absolute Gasteiger partial charge is 0.481 e. The summed E-state index contributed by atoms with van der Waals surface area (Å²) in [5.74, 6) is -3.91. The van der Waals surface area contributed by atoms with Gasteiger partial charge in [0.15, 0.2) is 0 Å². The van der Waals surface area contributed by atoms with Gasteiger partial charge >= 0.3 is 30.0 Å². The number of hydrogen-bond acceptors (Lipinski definition) is 13. The highest BCUT2D eigenvalue weighted by Gasteiger charge is 2.53. The van der Waals surface area contributed by atoms with E-state index in [-0.39, 0.29) is 31.5 Å². The van der Waals surface area contributed by atoms with Crippen molar-refractivity contribution in [2.24, 2.45) is 29.0 Å². The Bertz CT molecular complexity index is 1840. The summed E-state index contributed by atoms with van der Waals surface area (Å²) in [6, 6.07) is 16.2. The van der Waals surface area contributed by atoms with Crippen molar-refractivity contribution in [3.8, 4) is 0 Å². The summed E-state index contributed by atoms with van der Waals surface area (Å²) in [4.78, 5) is 72.1. The van der Waals surface area contributed by atoms with Crippen LogP contribution in [0.4, 0.5) is 4.79 Å². The Labute approximate surface area is 380 Å². The zero-order valence-electron chi connectivity index (χ0n) is 38.5. The minimum absolute atomic E-state index is 0.111. The second-order valence-corrected chi connectivity index (χ2v) is 16.8. The molecule has 20 nitrogen and oxygen atoms in total. The number of H-pyrrole nitrogens is 1. The molecular formula is C45H71N7O13. The number of carbonyl (C=O) groups is 6. The molecule has 2 aromatic carbocycles. The van der Waals surface area contributed by atoms with E-state index in [9.17, 15) is 34.2 Å². The molecule has 0 saturated carbocycles. The Kier molecular flexibility index (Phi) is 27.5. The fourth-order valence-corrected chi connectivity index (χ4v) is 5.98. The van der Waals surface area contributed by atoms with Crippen LogP contribution in [-0.4, -0.2) is 130 Å². The second-order valence-electron chi connectivity index (χ2n) is 16.8. The third-order valence-electron chi connectivity index (χ3n) is 9.30. The zero-order chi connectivity index (χ0) is 50.0. The molecule has 1 amide bonds. The Morgan fingerprint density at radius 3 is 1.72 bits per heavy atom. The molecule has 4 rings (SSSR count). The molecule has 4 unspecified atom stereocenters. The molecule has 0 radical (unpaired) electrons. The van der Waals surface area contributed by atoms with Gasteiger partial charge in [-0.1, -0.05) is 94.8 Å². The van der Waals surface area contributed by atoms with E-state index < -0.39 is 71.8 Å². The summed E-state index contributed by atoms with van der Waals surface area (Å²) in [6.45, 7) is 14.5. The number of alkyl carbamates (subject to hydrolysis) is 1. The average Bonchev–Trinajstić information content (AvgIpc) is 3.57. The number of aliphatic carboxylic acids is 5. The molecule has 9 atom stereocenters. The number of nitrogens with one attached hydrogen (secondary N) is 2. The van der Waals surface area contributed by atoms with Crippen molar-refractivity contribution < 1.29 is 64.1 Å². The standard InChI is InChI=1S/C15H22N2O2.C14H19NO4.C8H17NO3.C6H9N3O2.C2H4O2/c1-3-10(2)13-14(16)17(13)12(15(18)19)9-11-7-5-4-6-8-11;1-14(2,3)19-13(18)15-11(12(16)17)9-10-7-5-4-6-8-10;1-5(2)3-6(9)7(10)4-8(11)12;7-5(6(10)11)1-4-2-8-3-9-4;1-2(3)4/h4-8,10,12-14H,3,9,16H2,1-2H3,(H,18,19);4-8,11H,9H2,1-3H3,(H,15,18)(H,16,17);5-7,10H,3-4,9H2,1-2H3,(H,11,12);2-3,5H,1,7H2,(H,8,9)(H,10,11);1H3,(H,3,4)/t10?,12-,13?,14?,17?;11-;6-,7-;5-;/m0000./s1. The minimum Gasteiger partial charge on any atom is -0.481 e. The van der Waals surface area contributed by atoms with Crippen molar-refractivity contribution in [1.29, 1.82) is 0 Å². The van der Waals surface area contributed by atoms with Crippen molar-refractivity contribution >= 4 is 35.9 Å². The van der Waals surface area contributed by atoms with Gasteiger partial charge in [-0.3, -0.25) is 24.1 Å². The molecule has 0 bridgehead atoms. The van der Waals surface area contributed by atoms with Crippen LogP contribution in [0.3, 0.4) is 0 Å². The SMILES string of the molecule is CC(=O)O.CC(C)(C)OC(=O)N[C@@H](Cc1ccccc1)C(=O)O.CC(C)C[C@H](N)[C@@H](O)CC(=O)O.CCC(C)C1C(N)N1[C@@H](Cc1ccccc1)C(=O)O.N[C@@H](Cc1cnc[nH]1)C(=O)O. The van der Waals surface area contributed by atoms with Crippen molar-refractivity contribution in [3.63, 3.8) is 0 Å². The molecule has 65 heavy (non-hydrogen) atoms. The number of aromatic amines is 1. The van der Waals surface area contributed by atoms with Gasteiger partial charge in [0.05, 0.1) is 25.0 Å². The van der Waals surface area contributed by atoms with Crippen molar-refractivity contribution in [3.05, 3.63) is 90.0 Å². The summed E-state index contributed by atoms with van der Waals surface area (Å²) in [5, 5.41) is 54.3. The first kappa shape index (κ1) is 59.1. The van der Waals surface area contributed by atoms with E-state index in [4.69, 9.17) is 47.2 Å². The predicted octanol–water partition coefficient (Wildman–Crippen LogP) is 3.55. The Balaban J connectivity index is 0.000000837. The molecule has 2 heterocycles. The van der Waals surface area contributed by atoms with E-state index >= 15 is 0 Å². The fourth-order valence-electron chi connectivity index (χ4n) is 5.98. The molecule has 364 valence electrons. The van der Waals surface area contributed by atoms with Gasteiger partial charge in [-0.15, -0.1) is 0 Å². The van der Waals surface area contributed by atoms with Gasteiger partial charge < -0.3 is 62.9 Å². The fraction of sp³-hybridized carbons (Fsp3) is 0.533. The van der Waals surface area contributed by atoms with Crippen LogP contribution in [0, 0.1) is 11.8 Å². The summed E-state index contributed by atoms with van der Waals surface area (Å²) in [5.41, 5.74) is 18.8. The quantitative estimate of drug-likeness (QED) is 0.0813.